The second-order valence-electron chi connectivity index (χ2n) is 5.15. The topological polar surface area (TPSA) is 55.8 Å². The summed E-state index contributed by atoms with van der Waals surface area (Å²) in [6, 6.07) is 0. The van der Waals surface area contributed by atoms with E-state index in [1.54, 1.807) is 0 Å². The fourth-order valence-corrected chi connectivity index (χ4v) is 5.47. The number of ether oxygens (including phenoxy) is 2. The minimum Gasteiger partial charge on any atom is -0.469 e. The lowest BCUT2D eigenvalue weighted by Crippen LogP contribution is -2.44. The Morgan fingerprint density at radius 3 is 2.74 bits per heavy atom. The molecule has 0 unspecified atom stereocenters. The summed E-state index contributed by atoms with van der Waals surface area (Å²) in [4.78, 5) is 11.3. The van der Waals surface area contributed by atoms with Gasteiger partial charge in [-0.15, -0.1) is 23.5 Å². The van der Waals surface area contributed by atoms with Crippen molar-refractivity contribution in [2.45, 2.75) is 49.1 Å². The van der Waals surface area contributed by atoms with Crippen LogP contribution in [0, 0.1) is 5.92 Å². The number of carbonyl (C=O) groups is 1. The molecule has 2 saturated heterocycles. The predicted molar refractivity (Wildman–Crippen MR) is 78.4 cm³/mol. The Morgan fingerprint density at radius 1 is 1.42 bits per heavy atom. The maximum atomic E-state index is 11.3. The van der Waals surface area contributed by atoms with Crippen LogP contribution in [0.4, 0.5) is 0 Å². The third-order valence-electron chi connectivity index (χ3n) is 3.80. The summed E-state index contributed by atoms with van der Waals surface area (Å²) in [5.41, 5.74) is 0. The van der Waals surface area contributed by atoms with Gasteiger partial charge in [-0.2, -0.15) is 0 Å². The monoisotopic (exact) mass is 306 g/mol. The minimum absolute atomic E-state index is 0.0431. The Kier molecular flexibility index (Phi) is 5.87. The van der Waals surface area contributed by atoms with E-state index in [0.29, 0.717) is 11.0 Å². The van der Waals surface area contributed by atoms with Crippen molar-refractivity contribution >= 4 is 29.5 Å². The van der Waals surface area contributed by atoms with Gasteiger partial charge >= 0.3 is 5.97 Å². The molecule has 4 atom stereocenters. The highest BCUT2D eigenvalue weighted by Gasteiger charge is 2.37. The molecule has 2 aliphatic heterocycles. The van der Waals surface area contributed by atoms with Crippen molar-refractivity contribution in [2.75, 3.05) is 18.6 Å². The molecule has 0 aromatic carbocycles. The van der Waals surface area contributed by atoms with Gasteiger partial charge in [-0.25, -0.2) is 0 Å². The van der Waals surface area contributed by atoms with Gasteiger partial charge < -0.3 is 14.6 Å². The molecule has 1 N–H and O–H groups in total. The Labute approximate surface area is 123 Å². The minimum atomic E-state index is -0.384. The first-order chi connectivity index (χ1) is 9.10. The zero-order valence-electron chi connectivity index (χ0n) is 11.4. The molecule has 0 aromatic heterocycles. The molecular formula is C13H22O4S2. The molecule has 2 fully saturated rings. The number of aliphatic hydroxyl groups is 1. The van der Waals surface area contributed by atoms with Gasteiger partial charge in [-0.05, 0) is 6.42 Å². The summed E-state index contributed by atoms with van der Waals surface area (Å²) < 4.78 is 11.3. The van der Waals surface area contributed by atoms with Crippen molar-refractivity contribution in [3.8, 4) is 0 Å². The second-order valence-corrected chi connectivity index (χ2v) is 8.07. The maximum Gasteiger partial charge on any atom is 0.308 e. The molecule has 0 bridgehead atoms. The molecule has 0 radical (unpaired) electrons. The Hall–Kier alpha value is 0.0900. The van der Waals surface area contributed by atoms with E-state index in [2.05, 4.69) is 4.74 Å². The van der Waals surface area contributed by atoms with Gasteiger partial charge in [0.1, 0.15) is 0 Å². The van der Waals surface area contributed by atoms with Gasteiger partial charge in [0.25, 0.3) is 0 Å². The highest BCUT2D eigenvalue weighted by Crippen LogP contribution is 2.39. The average Bonchev–Trinajstić information content (AvgIpc) is 2.88. The first-order valence-corrected chi connectivity index (χ1v) is 8.83. The van der Waals surface area contributed by atoms with E-state index < -0.39 is 0 Å². The number of carbonyl (C=O) groups excluding carboxylic acids is 1. The molecule has 0 aromatic rings. The van der Waals surface area contributed by atoms with E-state index in [0.717, 1.165) is 6.42 Å². The molecule has 2 rings (SSSR count). The van der Waals surface area contributed by atoms with E-state index in [9.17, 15) is 9.90 Å². The van der Waals surface area contributed by atoms with Gasteiger partial charge in [0, 0.05) is 23.8 Å². The Balaban J connectivity index is 1.90. The predicted octanol–water partition coefficient (Wildman–Crippen LogP) is 1.90. The molecule has 6 heteroatoms. The molecule has 110 valence electrons. The van der Waals surface area contributed by atoms with Gasteiger partial charge in [-0.3, -0.25) is 4.79 Å². The van der Waals surface area contributed by atoms with Crippen LogP contribution in [0.5, 0.6) is 0 Å². The van der Waals surface area contributed by atoms with Crippen molar-refractivity contribution in [1.82, 2.24) is 0 Å². The summed E-state index contributed by atoms with van der Waals surface area (Å²) in [5, 5.41) is 10.1. The van der Waals surface area contributed by atoms with Gasteiger partial charge in [0.05, 0.1) is 36.4 Å². The lowest BCUT2D eigenvalue weighted by Gasteiger charge is -2.38. The van der Waals surface area contributed by atoms with Crippen LogP contribution in [-0.2, 0) is 14.3 Å². The first-order valence-electron chi connectivity index (χ1n) is 6.73. The largest absolute Gasteiger partial charge is 0.469 e. The van der Waals surface area contributed by atoms with Gasteiger partial charge in [0.15, 0.2) is 0 Å². The van der Waals surface area contributed by atoms with Gasteiger partial charge in [-0.1, -0.05) is 6.92 Å². The maximum absolute atomic E-state index is 11.3. The molecule has 4 nitrogen and oxygen atoms in total. The van der Waals surface area contributed by atoms with Crippen LogP contribution in [0.25, 0.3) is 0 Å². The van der Waals surface area contributed by atoms with E-state index in [1.807, 2.05) is 30.4 Å². The van der Waals surface area contributed by atoms with E-state index in [-0.39, 0.29) is 36.6 Å². The van der Waals surface area contributed by atoms with Crippen molar-refractivity contribution in [3.63, 3.8) is 0 Å². The molecular weight excluding hydrogens is 284 g/mol. The molecule has 0 aliphatic carbocycles. The van der Waals surface area contributed by atoms with E-state index >= 15 is 0 Å². The number of thioether (sulfide) groups is 2. The van der Waals surface area contributed by atoms with E-state index in [1.165, 1.54) is 18.6 Å². The number of rotatable bonds is 4. The highest BCUT2D eigenvalue weighted by molar-refractivity contribution is 8.20. The van der Waals surface area contributed by atoms with E-state index in [4.69, 9.17) is 4.74 Å². The zero-order valence-corrected chi connectivity index (χ0v) is 13.0. The smallest absolute Gasteiger partial charge is 0.308 e. The summed E-state index contributed by atoms with van der Waals surface area (Å²) in [6.45, 7) is 2.04. The van der Waals surface area contributed by atoms with Crippen molar-refractivity contribution in [1.29, 1.82) is 0 Å². The number of methoxy groups -OCH3 is 1. The van der Waals surface area contributed by atoms with Crippen LogP contribution in [0.15, 0.2) is 0 Å². The van der Waals surface area contributed by atoms with Crippen molar-refractivity contribution in [3.05, 3.63) is 0 Å². The van der Waals surface area contributed by atoms with Crippen LogP contribution < -0.4 is 0 Å². The molecule has 2 aliphatic rings. The van der Waals surface area contributed by atoms with Crippen LogP contribution in [-0.4, -0.2) is 52.6 Å². The van der Waals surface area contributed by atoms with Crippen LogP contribution in [0.2, 0.25) is 0 Å². The zero-order chi connectivity index (χ0) is 13.8. The second kappa shape index (κ2) is 7.20. The summed E-state index contributed by atoms with van der Waals surface area (Å²) >= 11 is 3.94. The fraction of sp³-hybridized carbons (Fsp3) is 0.923. The standard InChI is InChI=1S/C13H22O4S2/c1-8-10(14)5-9(6-12(15)16-2)17-11(8)7-13-18-3-4-19-13/h8-11,13-14H,3-7H2,1-2H3/t8-,9-,10+,11+/m0/s1. The van der Waals surface area contributed by atoms with Crippen molar-refractivity contribution < 1.29 is 19.4 Å². The summed E-state index contributed by atoms with van der Waals surface area (Å²) in [5.74, 6) is 2.26. The van der Waals surface area contributed by atoms with Crippen molar-refractivity contribution in [2.24, 2.45) is 5.92 Å². The Bertz CT molecular complexity index is 307. The molecule has 0 amide bonds. The number of aliphatic hydroxyl groups excluding tert-OH is 1. The highest BCUT2D eigenvalue weighted by atomic mass is 32.2. The lowest BCUT2D eigenvalue weighted by atomic mass is 9.88. The molecule has 0 saturated carbocycles. The lowest BCUT2D eigenvalue weighted by molar-refractivity contribution is -0.157. The molecule has 2 heterocycles. The fourth-order valence-electron chi connectivity index (χ4n) is 2.56. The quantitative estimate of drug-likeness (QED) is 0.801. The van der Waals surface area contributed by atoms with Crippen LogP contribution in [0.3, 0.4) is 0 Å². The van der Waals surface area contributed by atoms with Gasteiger partial charge in [0.2, 0.25) is 0 Å². The molecule has 19 heavy (non-hydrogen) atoms. The third kappa shape index (κ3) is 4.28. The number of hydrogen-bond acceptors (Lipinski definition) is 6. The summed E-state index contributed by atoms with van der Waals surface area (Å²) in [7, 11) is 1.38. The first kappa shape index (κ1) is 15.5. The third-order valence-corrected chi connectivity index (χ3v) is 6.89. The number of hydrogen-bond donors (Lipinski definition) is 1. The summed E-state index contributed by atoms with van der Waals surface area (Å²) in [6.07, 6.45) is 1.16. The normalized spacial score (nSPS) is 36.4. The molecule has 0 spiro atoms. The van der Waals surface area contributed by atoms with Crippen LogP contribution in [0.1, 0.15) is 26.2 Å². The average molecular weight is 306 g/mol. The SMILES string of the molecule is COC(=O)C[C@@H]1C[C@@H](O)[C@H](C)[C@@H](CC2SCCS2)O1. The van der Waals surface area contributed by atoms with Crippen LogP contribution >= 0.6 is 23.5 Å². The number of esters is 1. The Morgan fingerprint density at radius 2 is 2.11 bits per heavy atom.